The molecule has 9 nitrogen and oxygen atoms in total. The second-order valence-electron chi connectivity index (χ2n) is 8.69. The number of hydrogen-bond acceptors (Lipinski definition) is 8. The number of ether oxygens (including phenoxy) is 1. The molecule has 4 aromatic rings. The van der Waals surface area contributed by atoms with E-state index in [4.69, 9.17) is 4.74 Å². The van der Waals surface area contributed by atoms with Gasteiger partial charge in [-0.15, -0.1) is 0 Å². The van der Waals surface area contributed by atoms with E-state index >= 15 is 0 Å². The molecule has 3 N–H and O–H groups in total. The van der Waals surface area contributed by atoms with Gasteiger partial charge in [-0.25, -0.2) is 10.5 Å². The van der Waals surface area contributed by atoms with Crippen molar-refractivity contribution in [1.82, 2.24) is 20.4 Å². The van der Waals surface area contributed by atoms with Crippen LogP contribution in [0.1, 0.15) is 16.7 Å². The van der Waals surface area contributed by atoms with Crippen molar-refractivity contribution in [3.63, 3.8) is 0 Å². The van der Waals surface area contributed by atoms with Crippen molar-refractivity contribution >= 4 is 29.4 Å². The number of anilines is 3. The predicted molar refractivity (Wildman–Crippen MR) is 149 cm³/mol. The standard InChI is InChI=1S/C29H27F3N6O3/c1-40-24-16-22(29(30,31)32)15-23(17-24)36-28-35-18-25(27(37-28)34-13-10-19-8-11-33-12-9-19)21-5-3-4-20(14-21)6-7-26(39)38-41-2/h3-9,11-12,14-18H,10,13H2,1-2H3,(H,38,39)(H2,34,35,36,37). The quantitative estimate of drug-likeness (QED) is 0.158. The van der Waals surface area contributed by atoms with Gasteiger partial charge in [-0.3, -0.25) is 14.6 Å². The molecular formula is C29H27F3N6O3. The highest BCUT2D eigenvalue weighted by Crippen LogP contribution is 2.35. The van der Waals surface area contributed by atoms with Crippen molar-refractivity contribution in [2.75, 3.05) is 31.4 Å². The van der Waals surface area contributed by atoms with Crippen LogP contribution < -0.4 is 20.9 Å². The second kappa shape index (κ2) is 13.4. The van der Waals surface area contributed by atoms with Gasteiger partial charge in [0.05, 0.1) is 19.8 Å². The van der Waals surface area contributed by atoms with Crippen LogP contribution in [0.5, 0.6) is 5.75 Å². The number of rotatable bonds is 11. The molecular weight excluding hydrogens is 537 g/mol. The molecule has 2 heterocycles. The van der Waals surface area contributed by atoms with E-state index in [0.29, 0.717) is 24.3 Å². The number of nitrogens with zero attached hydrogens (tertiary/aromatic N) is 3. The van der Waals surface area contributed by atoms with Gasteiger partial charge in [0.15, 0.2) is 0 Å². The van der Waals surface area contributed by atoms with Gasteiger partial charge in [-0.05, 0) is 59.5 Å². The summed E-state index contributed by atoms with van der Waals surface area (Å²) in [5, 5.41) is 6.17. The maximum absolute atomic E-state index is 13.4. The average molecular weight is 565 g/mol. The Morgan fingerprint density at radius 3 is 2.59 bits per heavy atom. The number of halogens is 3. The molecule has 0 aliphatic rings. The van der Waals surface area contributed by atoms with Crippen molar-refractivity contribution in [2.24, 2.45) is 0 Å². The number of pyridine rings is 1. The number of hydroxylamine groups is 1. The summed E-state index contributed by atoms with van der Waals surface area (Å²) in [6.45, 7) is 0.516. The lowest BCUT2D eigenvalue weighted by atomic mass is 10.0. The zero-order valence-corrected chi connectivity index (χ0v) is 22.2. The predicted octanol–water partition coefficient (Wildman–Crippen LogP) is 5.66. The van der Waals surface area contributed by atoms with Crippen LogP contribution in [0.2, 0.25) is 0 Å². The van der Waals surface area contributed by atoms with Gasteiger partial charge in [0.25, 0.3) is 5.91 Å². The maximum atomic E-state index is 13.4. The largest absolute Gasteiger partial charge is 0.497 e. The van der Waals surface area contributed by atoms with E-state index in [-0.39, 0.29) is 17.4 Å². The Bertz CT molecular complexity index is 1510. The molecule has 212 valence electrons. The highest BCUT2D eigenvalue weighted by Gasteiger charge is 2.31. The Hall–Kier alpha value is -4.97. The Labute approximate surface area is 234 Å². The van der Waals surface area contributed by atoms with Crippen molar-refractivity contribution in [2.45, 2.75) is 12.6 Å². The van der Waals surface area contributed by atoms with Crippen LogP contribution in [0, 0.1) is 0 Å². The van der Waals surface area contributed by atoms with E-state index in [1.54, 1.807) is 24.7 Å². The van der Waals surface area contributed by atoms with Gasteiger partial charge < -0.3 is 15.4 Å². The third kappa shape index (κ3) is 8.26. The first-order chi connectivity index (χ1) is 19.7. The first-order valence-corrected chi connectivity index (χ1v) is 12.4. The van der Waals surface area contributed by atoms with Crippen LogP contribution in [0.4, 0.5) is 30.6 Å². The number of methoxy groups -OCH3 is 1. The van der Waals surface area contributed by atoms with E-state index < -0.39 is 17.6 Å². The summed E-state index contributed by atoms with van der Waals surface area (Å²) in [7, 11) is 2.64. The first kappa shape index (κ1) is 29.0. The molecule has 2 aromatic carbocycles. The smallest absolute Gasteiger partial charge is 0.416 e. The van der Waals surface area contributed by atoms with Crippen molar-refractivity contribution in [3.8, 4) is 16.9 Å². The number of alkyl halides is 3. The van der Waals surface area contributed by atoms with Crippen LogP contribution in [0.3, 0.4) is 0 Å². The van der Waals surface area contributed by atoms with Gasteiger partial charge in [-0.1, -0.05) is 18.2 Å². The number of carbonyl (C=O) groups excluding carboxylic acids is 1. The van der Waals surface area contributed by atoms with Gasteiger partial charge in [0, 0.05) is 48.5 Å². The molecule has 0 atom stereocenters. The SMILES string of the molecule is CONC(=O)C=Cc1cccc(-c2cnc(Nc3cc(OC)cc(C(F)(F)F)c3)nc2NCCc2ccncc2)c1. The van der Waals surface area contributed by atoms with Crippen molar-refractivity contribution in [3.05, 3.63) is 96.0 Å². The molecule has 0 aliphatic heterocycles. The van der Waals surface area contributed by atoms with E-state index in [0.717, 1.165) is 28.8 Å². The van der Waals surface area contributed by atoms with Gasteiger partial charge >= 0.3 is 6.18 Å². The molecule has 0 unspecified atom stereocenters. The van der Waals surface area contributed by atoms with Crippen LogP contribution in [0.25, 0.3) is 17.2 Å². The zero-order valence-electron chi connectivity index (χ0n) is 22.2. The summed E-state index contributed by atoms with van der Waals surface area (Å²) < 4.78 is 45.3. The lowest BCUT2D eigenvalue weighted by Crippen LogP contribution is -2.18. The molecule has 4 rings (SSSR count). The highest BCUT2D eigenvalue weighted by atomic mass is 19.4. The maximum Gasteiger partial charge on any atom is 0.416 e. The first-order valence-electron chi connectivity index (χ1n) is 12.4. The zero-order chi connectivity index (χ0) is 29.2. The monoisotopic (exact) mass is 564 g/mol. The molecule has 0 radical (unpaired) electrons. The Morgan fingerprint density at radius 2 is 1.85 bits per heavy atom. The van der Waals surface area contributed by atoms with Gasteiger partial charge in [-0.2, -0.15) is 18.2 Å². The van der Waals surface area contributed by atoms with E-state index in [1.807, 2.05) is 36.4 Å². The minimum Gasteiger partial charge on any atom is -0.497 e. The third-order valence-corrected chi connectivity index (χ3v) is 5.80. The second-order valence-corrected chi connectivity index (χ2v) is 8.69. The molecule has 41 heavy (non-hydrogen) atoms. The Morgan fingerprint density at radius 1 is 1.05 bits per heavy atom. The summed E-state index contributed by atoms with van der Waals surface area (Å²) in [5.74, 6) is 0.183. The van der Waals surface area contributed by atoms with Crippen LogP contribution in [-0.2, 0) is 22.2 Å². The molecule has 2 aromatic heterocycles. The number of nitrogens with one attached hydrogen (secondary N) is 3. The normalized spacial score (nSPS) is 11.3. The minimum atomic E-state index is -4.56. The van der Waals surface area contributed by atoms with Crippen molar-refractivity contribution < 1.29 is 27.5 Å². The lowest BCUT2D eigenvalue weighted by Gasteiger charge is -2.15. The summed E-state index contributed by atoms with van der Waals surface area (Å²) in [4.78, 5) is 29.3. The van der Waals surface area contributed by atoms with E-state index in [1.165, 1.54) is 26.4 Å². The summed E-state index contributed by atoms with van der Waals surface area (Å²) in [6, 6.07) is 14.5. The van der Waals surface area contributed by atoms with Crippen LogP contribution >= 0.6 is 0 Å². The van der Waals surface area contributed by atoms with Gasteiger partial charge in [0.2, 0.25) is 5.95 Å². The molecule has 0 aliphatic carbocycles. The fourth-order valence-electron chi connectivity index (χ4n) is 3.86. The number of carbonyl (C=O) groups is 1. The lowest BCUT2D eigenvalue weighted by molar-refractivity contribution is -0.137. The average Bonchev–Trinajstić information content (AvgIpc) is 2.96. The number of aromatic nitrogens is 3. The van der Waals surface area contributed by atoms with Crippen LogP contribution in [-0.4, -0.2) is 41.6 Å². The molecule has 0 saturated heterocycles. The fourth-order valence-corrected chi connectivity index (χ4v) is 3.86. The Kier molecular flexibility index (Phi) is 9.48. The van der Waals surface area contributed by atoms with E-state index in [2.05, 4.69) is 35.9 Å². The fraction of sp³-hybridized carbons (Fsp3) is 0.172. The van der Waals surface area contributed by atoms with Crippen LogP contribution in [0.15, 0.2) is 79.3 Å². The minimum absolute atomic E-state index is 0.0405. The summed E-state index contributed by atoms with van der Waals surface area (Å²) in [5.41, 5.74) is 4.70. The van der Waals surface area contributed by atoms with E-state index in [9.17, 15) is 18.0 Å². The topological polar surface area (TPSA) is 110 Å². The molecule has 1 amide bonds. The molecule has 0 saturated carbocycles. The van der Waals surface area contributed by atoms with Crippen molar-refractivity contribution in [1.29, 1.82) is 0 Å². The summed E-state index contributed by atoms with van der Waals surface area (Å²) >= 11 is 0. The number of amides is 1. The molecule has 12 heteroatoms. The number of benzene rings is 2. The Balaban J connectivity index is 1.65. The molecule has 0 fully saturated rings. The highest BCUT2D eigenvalue weighted by molar-refractivity contribution is 5.91. The third-order valence-electron chi connectivity index (χ3n) is 5.80. The van der Waals surface area contributed by atoms with Gasteiger partial charge in [0.1, 0.15) is 11.6 Å². The number of hydrogen-bond donors (Lipinski definition) is 3. The molecule has 0 bridgehead atoms. The summed E-state index contributed by atoms with van der Waals surface area (Å²) in [6.07, 6.45) is 4.09. The molecule has 0 spiro atoms.